The summed E-state index contributed by atoms with van der Waals surface area (Å²) >= 11 is 0. The molecule has 0 bridgehead atoms. The first kappa shape index (κ1) is 16.2. The van der Waals surface area contributed by atoms with Gasteiger partial charge in [0.05, 0.1) is 11.9 Å². The highest BCUT2D eigenvalue weighted by Gasteiger charge is 2.10. The molecule has 0 aliphatic rings. The second-order valence-corrected chi connectivity index (χ2v) is 5.29. The quantitative estimate of drug-likeness (QED) is 0.777. The Morgan fingerprint density at radius 3 is 2.60 bits per heavy atom. The highest BCUT2D eigenvalue weighted by atomic mass is 16.5. The van der Waals surface area contributed by atoms with E-state index in [4.69, 9.17) is 10.5 Å². The van der Waals surface area contributed by atoms with Gasteiger partial charge in [0.1, 0.15) is 12.4 Å². The van der Waals surface area contributed by atoms with Gasteiger partial charge in [0, 0.05) is 18.3 Å². The van der Waals surface area contributed by atoms with Crippen molar-refractivity contribution in [1.29, 1.82) is 0 Å². The first-order valence-electron chi connectivity index (χ1n) is 6.80. The first-order valence-corrected chi connectivity index (χ1v) is 6.80. The molecule has 0 aromatic carbocycles. The molecule has 4 heteroatoms. The van der Waals surface area contributed by atoms with Gasteiger partial charge in [0.15, 0.2) is 0 Å². The van der Waals surface area contributed by atoms with Gasteiger partial charge in [-0.05, 0) is 37.7 Å². The van der Waals surface area contributed by atoms with Crippen LogP contribution in [-0.2, 0) is 0 Å². The molecule has 1 rings (SSSR count). The predicted octanol–water partition coefficient (Wildman–Crippen LogP) is 2.53. The SMILES string of the molecule is C=C(C(=CN)c1ccc(OCCN(C)C)cn1)C(C)C. The van der Waals surface area contributed by atoms with Crippen LogP contribution in [0.15, 0.2) is 36.7 Å². The minimum atomic E-state index is 0.336. The molecule has 0 radical (unpaired) electrons. The fraction of sp³-hybridized carbons (Fsp3) is 0.438. The fourth-order valence-corrected chi connectivity index (χ4v) is 1.64. The summed E-state index contributed by atoms with van der Waals surface area (Å²) in [5, 5.41) is 0. The van der Waals surface area contributed by atoms with E-state index >= 15 is 0 Å². The predicted molar refractivity (Wildman–Crippen MR) is 84.4 cm³/mol. The van der Waals surface area contributed by atoms with Crippen LogP contribution in [-0.4, -0.2) is 37.1 Å². The zero-order valence-electron chi connectivity index (χ0n) is 12.9. The van der Waals surface area contributed by atoms with E-state index in [9.17, 15) is 0 Å². The number of pyridine rings is 1. The van der Waals surface area contributed by atoms with Gasteiger partial charge in [-0.25, -0.2) is 0 Å². The summed E-state index contributed by atoms with van der Waals surface area (Å²) in [7, 11) is 4.03. The molecule has 1 aromatic rings. The number of hydrogen-bond donors (Lipinski definition) is 1. The maximum Gasteiger partial charge on any atom is 0.137 e. The topological polar surface area (TPSA) is 51.4 Å². The normalized spacial score (nSPS) is 12.0. The van der Waals surface area contributed by atoms with Crippen molar-refractivity contribution >= 4 is 5.57 Å². The molecule has 110 valence electrons. The van der Waals surface area contributed by atoms with Crippen LogP contribution >= 0.6 is 0 Å². The van der Waals surface area contributed by atoms with E-state index < -0.39 is 0 Å². The molecule has 20 heavy (non-hydrogen) atoms. The van der Waals surface area contributed by atoms with Crippen molar-refractivity contribution in [1.82, 2.24) is 9.88 Å². The van der Waals surface area contributed by atoms with Crippen LogP contribution in [0.5, 0.6) is 5.75 Å². The fourth-order valence-electron chi connectivity index (χ4n) is 1.64. The van der Waals surface area contributed by atoms with Crippen LogP contribution in [0.2, 0.25) is 0 Å². The van der Waals surface area contributed by atoms with Crippen LogP contribution < -0.4 is 10.5 Å². The van der Waals surface area contributed by atoms with Crippen LogP contribution in [0, 0.1) is 5.92 Å². The van der Waals surface area contributed by atoms with Crippen molar-refractivity contribution in [2.24, 2.45) is 11.7 Å². The van der Waals surface area contributed by atoms with E-state index in [1.54, 1.807) is 12.4 Å². The molecule has 0 atom stereocenters. The molecule has 0 unspecified atom stereocenters. The lowest BCUT2D eigenvalue weighted by atomic mass is 9.95. The Morgan fingerprint density at radius 1 is 1.45 bits per heavy atom. The lowest BCUT2D eigenvalue weighted by Crippen LogP contribution is -2.19. The number of aromatic nitrogens is 1. The molecule has 0 spiro atoms. The maximum absolute atomic E-state index is 5.70. The number of nitrogens with two attached hydrogens (primary N) is 1. The number of allylic oxidation sites excluding steroid dienone is 2. The van der Waals surface area contributed by atoms with E-state index in [0.29, 0.717) is 12.5 Å². The molecule has 0 amide bonds. The lowest BCUT2D eigenvalue weighted by Gasteiger charge is -2.14. The Bertz CT molecular complexity index is 461. The van der Waals surface area contributed by atoms with E-state index in [1.165, 1.54) is 0 Å². The third-order valence-electron chi connectivity index (χ3n) is 3.03. The van der Waals surface area contributed by atoms with E-state index in [1.807, 2.05) is 26.2 Å². The number of nitrogens with zero attached hydrogens (tertiary/aromatic N) is 2. The molecular weight excluding hydrogens is 250 g/mol. The number of hydrogen-bond acceptors (Lipinski definition) is 4. The molecule has 0 fully saturated rings. The average Bonchev–Trinajstić information content (AvgIpc) is 2.40. The summed E-state index contributed by atoms with van der Waals surface area (Å²) in [6, 6.07) is 3.83. The van der Waals surface area contributed by atoms with Crippen molar-refractivity contribution in [2.45, 2.75) is 13.8 Å². The Morgan fingerprint density at radius 2 is 2.15 bits per heavy atom. The monoisotopic (exact) mass is 275 g/mol. The van der Waals surface area contributed by atoms with Gasteiger partial charge in [-0.3, -0.25) is 4.98 Å². The van der Waals surface area contributed by atoms with Crippen LogP contribution in [0.25, 0.3) is 5.57 Å². The van der Waals surface area contributed by atoms with E-state index in [0.717, 1.165) is 29.1 Å². The van der Waals surface area contributed by atoms with Gasteiger partial charge >= 0.3 is 0 Å². The van der Waals surface area contributed by atoms with Gasteiger partial charge < -0.3 is 15.4 Å². The molecule has 0 aliphatic heterocycles. The zero-order valence-corrected chi connectivity index (χ0v) is 12.9. The highest BCUT2D eigenvalue weighted by molar-refractivity contribution is 5.76. The van der Waals surface area contributed by atoms with Gasteiger partial charge in [-0.1, -0.05) is 20.4 Å². The number of ether oxygens (including phenoxy) is 1. The van der Waals surface area contributed by atoms with E-state index in [2.05, 4.69) is 30.3 Å². The maximum atomic E-state index is 5.70. The largest absolute Gasteiger partial charge is 0.491 e. The summed E-state index contributed by atoms with van der Waals surface area (Å²) < 4.78 is 5.62. The second-order valence-electron chi connectivity index (χ2n) is 5.29. The van der Waals surface area contributed by atoms with Gasteiger partial charge in [0.2, 0.25) is 0 Å². The lowest BCUT2D eigenvalue weighted by molar-refractivity contribution is 0.260. The highest BCUT2D eigenvalue weighted by Crippen LogP contribution is 2.25. The summed E-state index contributed by atoms with van der Waals surface area (Å²) in [6.07, 6.45) is 3.29. The third-order valence-corrected chi connectivity index (χ3v) is 3.03. The molecule has 0 saturated carbocycles. The molecule has 0 saturated heterocycles. The molecule has 0 aliphatic carbocycles. The minimum absolute atomic E-state index is 0.336. The molecular formula is C16H25N3O. The van der Waals surface area contributed by atoms with Crippen molar-refractivity contribution in [3.05, 3.63) is 42.4 Å². The Hall–Kier alpha value is -1.81. The molecule has 2 N–H and O–H groups in total. The molecule has 1 heterocycles. The van der Waals surface area contributed by atoms with Gasteiger partial charge in [-0.2, -0.15) is 0 Å². The average molecular weight is 275 g/mol. The molecule has 4 nitrogen and oxygen atoms in total. The Balaban J connectivity index is 2.72. The number of rotatable bonds is 7. The third kappa shape index (κ3) is 4.70. The summed E-state index contributed by atoms with van der Waals surface area (Å²) in [4.78, 5) is 6.48. The first-order chi connectivity index (χ1) is 9.45. The van der Waals surface area contributed by atoms with Gasteiger partial charge in [-0.15, -0.1) is 0 Å². The smallest absolute Gasteiger partial charge is 0.137 e. The van der Waals surface area contributed by atoms with Crippen molar-refractivity contribution in [3.63, 3.8) is 0 Å². The zero-order chi connectivity index (χ0) is 15.1. The van der Waals surface area contributed by atoms with Crippen LogP contribution in [0.4, 0.5) is 0 Å². The molecule has 1 aromatic heterocycles. The summed E-state index contributed by atoms with van der Waals surface area (Å²) in [5.74, 6) is 1.10. The van der Waals surface area contributed by atoms with Crippen molar-refractivity contribution in [2.75, 3.05) is 27.2 Å². The Kier molecular flexibility index (Phi) is 6.25. The summed E-state index contributed by atoms with van der Waals surface area (Å²) in [6.45, 7) is 9.76. The van der Waals surface area contributed by atoms with E-state index in [-0.39, 0.29) is 0 Å². The number of likely N-dealkylation sites (N-methyl/N-ethyl adjacent to an activating group) is 1. The van der Waals surface area contributed by atoms with Crippen molar-refractivity contribution < 1.29 is 4.74 Å². The Labute approximate surface area is 121 Å². The van der Waals surface area contributed by atoms with Crippen LogP contribution in [0.3, 0.4) is 0 Å². The van der Waals surface area contributed by atoms with Gasteiger partial charge in [0.25, 0.3) is 0 Å². The van der Waals surface area contributed by atoms with Crippen molar-refractivity contribution in [3.8, 4) is 5.75 Å². The standard InChI is InChI=1S/C16H25N3O/c1-12(2)13(3)15(10-17)16-7-6-14(11-18-16)20-9-8-19(4)5/h6-7,10-12H,3,8-9,17H2,1-2,4-5H3. The minimum Gasteiger partial charge on any atom is -0.491 e. The van der Waals surface area contributed by atoms with Crippen LogP contribution in [0.1, 0.15) is 19.5 Å². The second kappa shape index (κ2) is 7.70. The summed E-state index contributed by atoms with van der Waals surface area (Å²) in [5.41, 5.74) is 8.40.